The number of rotatable bonds is 10. The van der Waals surface area contributed by atoms with Crippen LogP contribution in [0.15, 0.2) is 0 Å². The zero-order chi connectivity index (χ0) is 31.5. The Morgan fingerprint density at radius 1 is 0.738 bits per heavy atom. The first-order valence-corrected chi connectivity index (χ1v) is 27.5. The van der Waals surface area contributed by atoms with E-state index >= 15 is 0 Å². The molecule has 11 atom stereocenters. The zero-order valence-corrected chi connectivity index (χ0v) is 32.6. The number of hydrogen-bond donors (Lipinski definition) is 0. The Morgan fingerprint density at radius 2 is 1.29 bits per heavy atom. The number of ether oxygens (including phenoxy) is 1. The molecule has 4 saturated carbocycles. The van der Waals surface area contributed by atoms with Crippen LogP contribution in [0.3, 0.4) is 0 Å². The highest BCUT2D eigenvalue weighted by atomic mass is 28.4. The van der Waals surface area contributed by atoms with Crippen LogP contribution in [0.25, 0.3) is 0 Å². The molecule has 0 N–H and O–H groups in total. The fourth-order valence-electron chi connectivity index (χ4n) is 10.5. The van der Waals surface area contributed by atoms with E-state index in [0.29, 0.717) is 53.4 Å². The quantitative estimate of drug-likeness (QED) is 0.176. The summed E-state index contributed by atoms with van der Waals surface area (Å²) < 4.78 is 26.6. The summed E-state index contributed by atoms with van der Waals surface area (Å²) in [7, 11) is -3.82. The van der Waals surface area contributed by atoms with Crippen molar-refractivity contribution in [3.8, 4) is 0 Å². The molecule has 4 aliphatic rings. The summed E-state index contributed by atoms with van der Waals surface area (Å²) in [6, 6.07) is 0. The molecule has 6 unspecified atom stereocenters. The summed E-state index contributed by atoms with van der Waals surface area (Å²) >= 11 is 0. The molecule has 0 radical (unpaired) electrons. The van der Waals surface area contributed by atoms with Gasteiger partial charge in [0.15, 0.2) is 25.0 Å². The second kappa shape index (κ2) is 12.3. The van der Waals surface area contributed by atoms with Crippen LogP contribution in [0, 0.1) is 46.3 Å². The van der Waals surface area contributed by atoms with Crippen LogP contribution < -0.4 is 0 Å². The third-order valence-electron chi connectivity index (χ3n) is 11.9. The lowest BCUT2D eigenvalue weighted by molar-refractivity contribution is -0.213. The first kappa shape index (κ1) is 34.9. The number of methoxy groups -OCH3 is 1. The van der Waals surface area contributed by atoms with E-state index in [2.05, 4.69) is 79.7 Å². The maximum absolute atomic E-state index is 12.0. The van der Waals surface area contributed by atoms with Crippen molar-refractivity contribution >= 4 is 30.9 Å². The molecule has 0 aliphatic heterocycles. The van der Waals surface area contributed by atoms with Crippen LogP contribution in [0.1, 0.15) is 78.6 Å². The van der Waals surface area contributed by atoms with Gasteiger partial charge in [-0.3, -0.25) is 4.79 Å². The highest BCUT2D eigenvalue weighted by Gasteiger charge is 2.66. The molecule has 244 valence electrons. The summed E-state index contributed by atoms with van der Waals surface area (Å²) in [6.45, 7) is 29.0. The Kier molecular flexibility index (Phi) is 10.2. The second-order valence-corrected chi connectivity index (χ2v) is 31.6. The van der Waals surface area contributed by atoms with Gasteiger partial charge in [0.2, 0.25) is 0 Å². The van der Waals surface area contributed by atoms with E-state index in [9.17, 15) is 4.79 Å². The third-order valence-corrected chi connectivity index (χ3v) is 14.9. The minimum absolute atomic E-state index is 0.0693. The normalized spacial score (nSPS) is 41.5. The molecule has 0 saturated heterocycles. The van der Waals surface area contributed by atoms with Crippen molar-refractivity contribution in [1.82, 2.24) is 0 Å². The van der Waals surface area contributed by atoms with Crippen molar-refractivity contribution in [1.29, 1.82) is 0 Å². The SMILES string of the molecule is COC(=O)CC[C@@H](C)C1CCC2C3C(O[Si](C)(C)C)[C@H](O[Si](C)(C)C)C4C[C@H](O[Si](C)(C)C)CC[C@]4(C)C3CC[C@@]21C. The summed E-state index contributed by atoms with van der Waals surface area (Å²) in [5, 5.41) is 0. The number of carbonyl (C=O) groups excluding carboxylic acids is 1. The fraction of sp³-hybridized carbons (Fsp3) is 0.971. The molecule has 0 aromatic rings. The Labute approximate surface area is 262 Å². The first-order valence-electron chi connectivity index (χ1n) is 17.3. The predicted octanol–water partition coefficient (Wildman–Crippen LogP) is 9.11. The van der Waals surface area contributed by atoms with Gasteiger partial charge in [0.1, 0.15) is 0 Å². The maximum Gasteiger partial charge on any atom is 0.305 e. The molecule has 5 nitrogen and oxygen atoms in total. The highest BCUT2D eigenvalue weighted by molar-refractivity contribution is 6.70. The molecule has 0 amide bonds. The molecular weight excluding hydrogens is 573 g/mol. The molecule has 0 bridgehead atoms. The lowest BCUT2D eigenvalue weighted by Crippen LogP contribution is -2.67. The lowest BCUT2D eigenvalue weighted by Gasteiger charge is -2.66. The van der Waals surface area contributed by atoms with Gasteiger partial charge in [0.05, 0.1) is 19.3 Å². The topological polar surface area (TPSA) is 54.0 Å². The van der Waals surface area contributed by atoms with Crippen LogP contribution in [0.5, 0.6) is 0 Å². The van der Waals surface area contributed by atoms with Crippen LogP contribution in [-0.2, 0) is 22.8 Å². The van der Waals surface area contributed by atoms with E-state index < -0.39 is 25.0 Å². The number of carbonyl (C=O) groups is 1. The lowest BCUT2D eigenvalue weighted by atomic mass is 9.43. The summed E-state index contributed by atoms with van der Waals surface area (Å²) in [5.41, 5.74) is 0.562. The molecule has 4 aliphatic carbocycles. The summed E-state index contributed by atoms with van der Waals surface area (Å²) in [4.78, 5) is 12.0. The van der Waals surface area contributed by atoms with Crippen molar-refractivity contribution in [2.24, 2.45) is 46.3 Å². The number of fused-ring (bicyclic) bond motifs is 5. The maximum atomic E-state index is 12.0. The minimum atomic E-state index is -1.85. The first-order chi connectivity index (χ1) is 19.2. The van der Waals surface area contributed by atoms with Crippen LogP contribution in [0.2, 0.25) is 58.9 Å². The van der Waals surface area contributed by atoms with Crippen molar-refractivity contribution < 1.29 is 22.8 Å². The van der Waals surface area contributed by atoms with Gasteiger partial charge in [-0.1, -0.05) is 20.8 Å². The Bertz CT molecular complexity index is 954. The summed E-state index contributed by atoms with van der Waals surface area (Å²) in [6.07, 6.45) is 10.9. The second-order valence-electron chi connectivity index (χ2n) is 18.2. The highest BCUT2D eigenvalue weighted by Crippen LogP contribution is 2.69. The Morgan fingerprint density at radius 3 is 1.86 bits per heavy atom. The summed E-state index contributed by atoms with van der Waals surface area (Å²) in [5.74, 6) is 3.49. The molecule has 0 spiro atoms. The molecular formula is C34H66O5Si3. The zero-order valence-electron chi connectivity index (χ0n) is 29.6. The monoisotopic (exact) mass is 638 g/mol. The van der Waals surface area contributed by atoms with Crippen molar-refractivity contribution in [3.05, 3.63) is 0 Å². The van der Waals surface area contributed by atoms with Crippen LogP contribution in [-0.4, -0.2) is 56.3 Å². The number of hydrogen-bond acceptors (Lipinski definition) is 5. The van der Waals surface area contributed by atoms with Gasteiger partial charge < -0.3 is 18.0 Å². The van der Waals surface area contributed by atoms with E-state index in [0.717, 1.165) is 12.8 Å². The molecule has 8 heteroatoms. The van der Waals surface area contributed by atoms with Gasteiger partial charge in [0.25, 0.3) is 0 Å². The third kappa shape index (κ3) is 7.35. The predicted molar refractivity (Wildman–Crippen MR) is 181 cm³/mol. The molecule has 4 rings (SSSR count). The van der Waals surface area contributed by atoms with E-state index in [1.54, 1.807) is 0 Å². The van der Waals surface area contributed by atoms with E-state index in [-0.39, 0.29) is 23.6 Å². The largest absolute Gasteiger partial charge is 0.469 e. The molecule has 0 aromatic carbocycles. The van der Waals surface area contributed by atoms with Gasteiger partial charge in [-0.15, -0.1) is 0 Å². The van der Waals surface area contributed by atoms with Gasteiger partial charge in [-0.05, 0) is 157 Å². The van der Waals surface area contributed by atoms with Crippen molar-refractivity contribution in [2.45, 2.75) is 156 Å². The smallest absolute Gasteiger partial charge is 0.305 e. The fourth-order valence-corrected chi connectivity index (χ4v) is 13.9. The Balaban J connectivity index is 1.73. The van der Waals surface area contributed by atoms with Crippen LogP contribution in [0.4, 0.5) is 0 Å². The van der Waals surface area contributed by atoms with Gasteiger partial charge >= 0.3 is 5.97 Å². The minimum Gasteiger partial charge on any atom is -0.469 e. The van der Waals surface area contributed by atoms with Gasteiger partial charge in [-0.2, -0.15) is 0 Å². The average Bonchev–Trinajstić information content (AvgIpc) is 3.19. The standard InChI is InChI=1S/C34H66O5Si3/c1-23(14-17-29(35)36-4)25-15-16-26-30-27(19-21-33(25,26)2)34(3)20-18-24(37-40(5,6)7)22-28(34)31(38-41(8,9)10)32(30)39-42(11,12)13/h23-28,30-32H,14-22H2,1-13H3/t23-,24-,25?,26?,27?,28?,30?,31-,32?,33-,34-/m1/s1. The van der Waals surface area contributed by atoms with E-state index in [1.807, 2.05) is 0 Å². The van der Waals surface area contributed by atoms with Crippen molar-refractivity contribution in [2.75, 3.05) is 7.11 Å². The molecule has 4 fully saturated rings. The Hall–Kier alpha value is 0.000649. The van der Waals surface area contributed by atoms with E-state index in [4.69, 9.17) is 18.0 Å². The van der Waals surface area contributed by atoms with E-state index in [1.165, 1.54) is 45.6 Å². The number of esters is 1. The average molecular weight is 639 g/mol. The van der Waals surface area contributed by atoms with Gasteiger partial charge in [0, 0.05) is 12.5 Å². The molecule has 0 aromatic heterocycles. The van der Waals surface area contributed by atoms with Crippen LogP contribution >= 0.6 is 0 Å². The molecule has 42 heavy (non-hydrogen) atoms. The van der Waals surface area contributed by atoms with Crippen molar-refractivity contribution in [3.63, 3.8) is 0 Å². The molecule has 0 heterocycles. The van der Waals surface area contributed by atoms with Gasteiger partial charge in [-0.25, -0.2) is 0 Å².